The highest BCUT2D eigenvalue weighted by atomic mass is 16.3. The third-order valence-corrected chi connectivity index (χ3v) is 4.54. The van der Waals surface area contributed by atoms with E-state index in [0.29, 0.717) is 0 Å². The van der Waals surface area contributed by atoms with Crippen LogP contribution in [0.25, 0.3) is 0 Å². The maximum Gasteiger partial charge on any atom is 0.0610 e. The molecule has 19 heavy (non-hydrogen) atoms. The van der Waals surface area contributed by atoms with E-state index in [1.807, 2.05) is 0 Å². The van der Waals surface area contributed by atoms with Crippen molar-refractivity contribution in [2.24, 2.45) is 0 Å². The van der Waals surface area contributed by atoms with Gasteiger partial charge in [0.1, 0.15) is 0 Å². The van der Waals surface area contributed by atoms with Crippen molar-refractivity contribution in [3.63, 3.8) is 0 Å². The Morgan fingerprint density at radius 3 is 2.74 bits per heavy atom. The van der Waals surface area contributed by atoms with Crippen LogP contribution in [0.15, 0.2) is 0 Å². The first-order valence-electron chi connectivity index (χ1n) is 8.25. The molecule has 0 aliphatic carbocycles. The summed E-state index contributed by atoms with van der Waals surface area (Å²) in [5.74, 6) is 0. The number of aliphatic hydroxyl groups excluding tert-OH is 1. The first kappa shape index (κ1) is 16.9. The molecule has 1 aliphatic rings. The molecular weight excluding hydrogens is 236 g/mol. The smallest absolute Gasteiger partial charge is 0.0610 e. The second-order valence-electron chi connectivity index (χ2n) is 6.34. The van der Waals surface area contributed by atoms with Gasteiger partial charge >= 0.3 is 0 Å². The van der Waals surface area contributed by atoms with Crippen molar-refractivity contribution in [3.05, 3.63) is 0 Å². The number of rotatable bonds is 9. The van der Waals surface area contributed by atoms with Gasteiger partial charge in [0.15, 0.2) is 0 Å². The van der Waals surface area contributed by atoms with Crippen LogP contribution in [0.3, 0.4) is 0 Å². The van der Waals surface area contributed by atoms with Crippen LogP contribution in [0.4, 0.5) is 0 Å². The fourth-order valence-electron chi connectivity index (χ4n) is 3.14. The fourth-order valence-corrected chi connectivity index (χ4v) is 3.14. The van der Waals surface area contributed by atoms with E-state index in [0.717, 1.165) is 25.4 Å². The van der Waals surface area contributed by atoms with Crippen molar-refractivity contribution in [2.75, 3.05) is 26.2 Å². The Balaban J connectivity index is 2.30. The summed E-state index contributed by atoms with van der Waals surface area (Å²) in [6.45, 7) is 10.3. The summed E-state index contributed by atoms with van der Waals surface area (Å²) in [7, 11) is 0. The lowest BCUT2D eigenvalue weighted by Crippen LogP contribution is -2.47. The second kappa shape index (κ2) is 8.93. The van der Waals surface area contributed by atoms with E-state index >= 15 is 0 Å². The summed E-state index contributed by atoms with van der Waals surface area (Å²) in [4.78, 5) is 2.67. The molecule has 1 rings (SSSR count). The number of nitrogens with one attached hydrogen (secondary N) is 1. The number of nitrogens with zero attached hydrogens (tertiary/aromatic N) is 1. The Morgan fingerprint density at radius 2 is 2.11 bits per heavy atom. The molecule has 3 heteroatoms. The van der Waals surface area contributed by atoms with Gasteiger partial charge in [-0.1, -0.05) is 20.3 Å². The van der Waals surface area contributed by atoms with Gasteiger partial charge in [0.2, 0.25) is 0 Å². The summed E-state index contributed by atoms with van der Waals surface area (Å²) >= 11 is 0. The summed E-state index contributed by atoms with van der Waals surface area (Å²) in [6.07, 6.45) is 8.80. The molecule has 2 unspecified atom stereocenters. The molecule has 1 heterocycles. The van der Waals surface area contributed by atoms with Gasteiger partial charge in [0.25, 0.3) is 0 Å². The van der Waals surface area contributed by atoms with Gasteiger partial charge in [-0.2, -0.15) is 0 Å². The number of hydrogen-bond acceptors (Lipinski definition) is 3. The van der Waals surface area contributed by atoms with Crippen LogP contribution < -0.4 is 5.32 Å². The Morgan fingerprint density at radius 1 is 1.32 bits per heavy atom. The third kappa shape index (κ3) is 5.80. The van der Waals surface area contributed by atoms with Crippen molar-refractivity contribution in [1.82, 2.24) is 10.2 Å². The van der Waals surface area contributed by atoms with Gasteiger partial charge in [-0.3, -0.25) is 0 Å². The van der Waals surface area contributed by atoms with Crippen molar-refractivity contribution in [3.8, 4) is 0 Å². The average molecular weight is 270 g/mol. The number of piperidine rings is 1. The van der Waals surface area contributed by atoms with Gasteiger partial charge in [-0.25, -0.2) is 0 Å². The lowest BCUT2D eigenvalue weighted by Gasteiger charge is -2.36. The van der Waals surface area contributed by atoms with Crippen molar-refractivity contribution < 1.29 is 5.11 Å². The highest BCUT2D eigenvalue weighted by molar-refractivity contribution is 4.83. The molecule has 0 amide bonds. The van der Waals surface area contributed by atoms with Gasteiger partial charge in [0.05, 0.1) is 6.61 Å². The van der Waals surface area contributed by atoms with E-state index in [1.54, 1.807) is 0 Å². The third-order valence-electron chi connectivity index (χ3n) is 4.54. The number of hydrogen-bond donors (Lipinski definition) is 2. The molecule has 0 spiro atoms. The largest absolute Gasteiger partial charge is 0.394 e. The zero-order valence-electron chi connectivity index (χ0n) is 13.2. The molecule has 2 atom stereocenters. The van der Waals surface area contributed by atoms with Crippen LogP contribution in [0, 0.1) is 0 Å². The Bertz CT molecular complexity index is 235. The molecule has 0 aromatic carbocycles. The molecule has 0 saturated carbocycles. The normalized spacial score (nSPS) is 24.3. The summed E-state index contributed by atoms with van der Waals surface area (Å²) in [5.41, 5.74) is -0.0898. The van der Waals surface area contributed by atoms with E-state index in [1.165, 1.54) is 45.2 Å². The maximum absolute atomic E-state index is 9.57. The Hall–Kier alpha value is -0.120. The average Bonchev–Trinajstić information content (AvgIpc) is 2.45. The standard InChI is InChI=1S/C16H34N2O/c1-4-11-17-16(3,14-19)10-8-13-18-12-7-6-9-15(18)5-2/h15,17,19H,4-14H2,1-3H3. The van der Waals surface area contributed by atoms with Crippen LogP contribution >= 0.6 is 0 Å². The van der Waals surface area contributed by atoms with E-state index in [4.69, 9.17) is 0 Å². The van der Waals surface area contributed by atoms with E-state index in [-0.39, 0.29) is 12.1 Å². The van der Waals surface area contributed by atoms with Crippen LogP contribution in [0.5, 0.6) is 0 Å². The molecule has 114 valence electrons. The Kier molecular flexibility index (Phi) is 7.96. The van der Waals surface area contributed by atoms with Gasteiger partial charge in [0, 0.05) is 11.6 Å². The molecule has 1 saturated heterocycles. The predicted octanol–water partition coefficient (Wildman–Crippen LogP) is 2.78. The van der Waals surface area contributed by atoms with E-state index in [9.17, 15) is 5.11 Å². The van der Waals surface area contributed by atoms with Crippen LogP contribution in [0.1, 0.15) is 65.7 Å². The first-order valence-corrected chi connectivity index (χ1v) is 8.25. The number of aliphatic hydroxyl groups is 1. The molecule has 0 radical (unpaired) electrons. The predicted molar refractivity (Wildman–Crippen MR) is 82.5 cm³/mol. The molecule has 0 aromatic heterocycles. The van der Waals surface area contributed by atoms with E-state index < -0.39 is 0 Å². The van der Waals surface area contributed by atoms with Crippen LogP contribution in [-0.4, -0.2) is 47.8 Å². The molecular formula is C16H34N2O. The van der Waals surface area contributed by atoms with Crippen LogP contribution in [0.2, 0.25) is 0 Å². The number of likely N-dealkylation sites (tertiary alicyclic amines) is 1. The maximum atomic E-state index is 9.57. The Labute approximate surface area is 119 Å². The zero-order valence-corrected chi connectivity index (χ0v) is 13.2. The first-order chi connectivity index (χ1) is 9.15. The zero-order chi connectivity index (χ0) is 14.1. The summed E-state index contributed by atoms with van der Waals surface area (Å²) in [6, 6.07) is 0.803. The van der Waals surface area contributed by atoms with Gasteiger partial charge in [-0.15, -0.1) is 0 Å². The van der Waals surface area contributed by atoms with Crippen molar-refractivity contribution in [2.45, 2.75) is 77.3 Å². The minimum Gasteiger partial charge on any atom is -0.394 e. The topological polar surface area (TPSA) is 35.5 Å². The van der Waals surface area contributed by atoms with Crippen LogP contribution in [-0.2, 0) is 0 Å². The summed E-state index contributed by atoms with van der Waals surface area (Å²) in [5, 5.41) is 13.1. The highest BCUT2D eigenvalue weighted by Crippen LogP contribution is 2.21. The highest BCUT2D eigenvalue weighted by Gasteiger charge is 2.24. The van der Waals surface area contributed by atoms with Gasteiger partial charge < -0.3 is 15.3 Å². The van der Waals surface area contributed by atoms with Crippen molar-refractivity contribution in [1.29, 1.82) is 0 Å². The lowest BCUT2D eigenvalue weighted by molar-refractivity contribution is 0.124. The molecule has 1 aliphatic heterocycles. The molecule has 3 nitrogen and oxygen atoms in total. The van der Waals surface area contributed by atoms with Crippen molar-refractivity contribution >= 4 is 0 Å². The lowest BCUT2D eigenvalue weighted by atomic mass is 9.95. The molecule has 1 fully saturated rings. The minimum atomic E-state index is -0.0898. The summed E-state index contributed by atoms with van der Waals surface area (Å²) < 4.78 is 0. The molecule has 2 N–H and O–H groups in total. The van der Waals surface area contributed by atoms with E-state index in [2.05, 4.69) is 31.0 Å². The molecule has 0 bridgehead atoms. The fraction of sp³-hybridized carbons (Fsp3) is 1.00. The molecule has 0 aromatic rings. The SMILES string of the molecule is CCCNC(C)(CO)CCCN1CCCCC1CC. The quantitative estimate of drug-likeness (QED) is 0.676. The minimum absolute atomic E-state index is 0.0898. The van der Waals surface area contributed by atoms with Gasteiger partial charge in [-0.05, 0) is 65.1 Å². The monoisotopic (exact) mass is 270 g/mol. The second-order valence-corrected chi connectivity index (χ2v) is 6.34.